The van der Waals surface area contributed by atoms with Crippen LogP contribution in [0.3, 0.4) is 0 Å². The highest BCUT2D eigenvalue weighted by atomic mass is 16.5. The Morgan fingerprint density at radius 3 is 2.24 bits per heavy atom. The van der Waals surface area contributed by atoms with E-state index in [4.69, 9.17) is 9.47 Å². The van der Waals surface area contributed by atoms with Crippen LogP contribution in [0, 0.1) is 0 Å². The number of ether oxygens (including phenoxy) is 2. The van der Waals surface area contributed by atoms with Gasteiger partial charge in [0.1, 0.15) is 0 Å². The molecule has 0 saturated carbocycles. The van der Waals surface area contributed by atoms with Gasteiger partial charge in [0.05, 0.1) is 35.7 Å². The number of carbonyl (C=O) groups is 3. The fraction of sp³-hybridized carbons (Fsp3) is 0.227. The molecule has 0 unspecified atom stereocenters. The van der Waals surface area contributed by atoms with Crippen LogP contribution in [0.15, 0.2) is 75.7 Å². The number of nitrogens with zero attached hydrogens (tertiary/aromatic N) is 2. The van der Waals surface area contributed by atoms with Crippen molar-refractivity contribution in [2.45, 2.75) is 20.3 Å². The van der Waals surface area contributed by atoms with Gasteiger partial charge in [-0.05, 0) is 56.2 Å². The Labute approximate surface area is 168 Å². The van der Waals surface area contributed by atoms with Gasteiger partial charge in [0.25, 0.3) is 0 Å². The molecule has 29 heavy (non-hydrogen) atoms. The monoisotopic (exact) mass is 392 g/mol. The van der Waals surface area contributed by atoms with Crippen LogP contribution in [-0.2, 0) is 14.3 Å². The predicted molar refractivity (Wildman–Crippen MR) is 106 cm³/mol. The van der Waals surface area contributed by atoms with Crippen LogP contribution in [-0.4, -0.2) is 30.9 Å². The van der Waals surface area contributed by atoms with Crippen LogP contribution in [0.5, 0.6) is 0 Å². The Morgan fingerprint density at radius 1 is 0.966 bits per heavy atom. The lowest BCUT2D eigenvalue weighted by Crippen LogP contribution is -2.09. The molecule has 7 nitrogen and oxygen atoms in total. The van der Waals surface area contributed by atoms with E-state index in [0.717, 1.165) is 5.57 Å². The summed E-state index contributed by atoms with van der Waals surface area (Å²) in [6.45, 7) is 3.80. The summed E-state index contributed by atoms with van der Waals surface area (Å²) in [6, 6.07) is 4.39. The maximum Gasteiger partial charge on any atom is 0.338 e. The number of fused-ring (bicyclic) bond motifs is 1. The van der Waals surface area contributed by atoms with Crippen LogP contribution in [0.1, 0.15) is 41.0 Å². The number of ketones is 1. The van der Waals surface area contributed by atoms with E-state index in [1.807, 2.05) is 12.2 Å². The van der Waals surface area contributed by atoms with Gasteiger partial charge < -0.3 is 9.47 Å². The Morgan fingerprint density at radius 2 is 1.62 bits per heavy atom. The highest BCUT2D eigenvalue weighted by Crippen LogP contribution is 2.30. The molecule has 0 aliphatic heterocycles. The molecule has 2 aliphatic carbocycles. The van der Waals surface area contributed by atoms with Crippen molar-refractivity contribution in [2.75, 3.05) is 13.2 Å². The second kappa shape index (κ2) is 9.05. The molecule has 0 aromatic heterocycles. The second-order valence-corrected chi connectivity index (χ2v) is 6.18. The van der Waals surface area contributed by atoms with Crippen molar-refractivity contribution in [3.05, 3.63) is 76.5 Å². The van der Waals surface area contributed by atoms with E-state index in [1.165, 1.54) is 24.3 Å². The van der Waals surface area contributed by atoms with E-state index < -0.39 is 11.9 Å². The average molecular weight is 392 g/mol. The number of carbonyl (C=O) groups excluding carboxylic acids is 3. The molecule has 0 spiro atoms. The maximum absolute atomic E-state index is 12.1. The van der Waals surface area contributed by atoms with Crippen molar-refractivity contribution in [1.29, 1.82) is 0 Å². The summed E-state index contributed by atoms with van der Waals surface area (Å²) >= 11 is 0. The predicted octanol–water partition coefficient (Wildman–Crippen LogP) is 4.40. The van der Waals surface area contributed by atoms with Crippen molar-refractivity contribution in [2.24, 2.45) is 10.2 Å². The normalized spacial score (nSPS) is 15.4. The minimum atomic E-state index is -0.567. The molecule has 1 aromatic rings. The maximum atomic E-state index is 12.1. The van der Waals surface area contributed by atoms with Crippen LogP contribution >= 0.6 is 0 Å². The Bertz CT molecular complexity index is 976. The number of hydrogen-bond acceptors (Lipinski definition) is 7. The second-order valence-electron chi connectivity index (χ2n) is 6.18. The van der Waals surface area contributed by atoms with E-state index in [0.29, 0.717) is 23.4 Å². The molecule has 0 heterocycles. The fourth-order valence-electron chi connectivity index (χ4n) is 2.92. The van der Waals surface area contributed by atoms with Crippen LogP contribution in [0.25, 0.3) is 0 Å². The van der Waals surface area contributed by atoms with Gasteiger partial charge in [0, 0.05) is 5.57 Å². The molecule has 3 rings (SSSR count). The third-order valence-electron chi connectivity index (χ3n) is 4.23. The van der Waals surface area contributed by atoms with Crippen molar-refractivity contribution in [3.8, 4) is 0 Å². The topological polar surface area (TPSA) is 94.4 Å². The van der Waals surface area contributed by atoms with Gasteiger partial charge >= 0.3 is 11.9 Å². The van der Waals surface area contributed by atoms with Gasteiger partial charge in [-0.15, -0.1) is 0 Å². The first-order chi connectivity index (χ1) is 14.0. The SMILES string of the molecule is CCOC(=O)c1cc(N=NC2=C3CC=CC=C3C(=O)C=C2)cc(C(=O)OCC)c1. The standard InChI is InChI=1S/C22H20N2O5/c1-3-28-21(26)14-11-15(22(27)29-4-2)13-16(12-14)23-24-19-9-10-20(25)18-8-6-5-7-17(18)19/h5-6,8-13H,3-4,7H2,1-2H3. The van der Waals surface area contributed by atoms with Gasteiger partial charge in [-0.1, -0.05) is 18.2 Å². The fourth-order valence-corrected chi connectivity index (χ4v) is 2.92. The first-order valence-corrected chi connectivity index (χ1v) is 9.27. The highest BCUT2D eigenvalue weighted by molar-refractivity contribution is 6.09. The number of hydrogen-bond donors (Lipinski definition) is 0. The lowest BCUT2D eigenvalue weighted by Gasteiger charge is -2.16. The minimum Gasteiger partial charge on any atom is -0.462 e. The molecule has 148 valence electrons. The van der Waals surface area contributed by atoms with Gasteiger partial charge in [-0.3, -0.25) is 4.79 Å². The zero-order valence-electron chi connectivity index (χ0n) is 16.2. The molecular weight excluding hydrogens is 372 g/mol. The molecule has 2 aliphatic rings. The molecule has 0 saturated heterocycles. The molecule has 0 bridgehead atoms. The molecule has 7 heteroatoms. The van der Waals surface area contributed by atoms with E-state index in [-0.39, 0.29) is 30.1 Å². The Balaban J connectivity index is 1.97. The summed E-state index contributed by atoms with van der Waals surface area (Å²) in [6.07, 6.45) is 9.15. The summed E-state index contributed by atoms with van der Waals surface area (Å²) in [5, 5.41) is 8.44. The zero-order valence-corrected chi connectivity index (χ0v) is 16.2. The third-order valence-corrected chi connectivity index (χ3v) is 4.23. The molecule has 1 aromatic carbocycles. The van der Waals surface area contributed by atoms with Gasteiger partial charge in [-0.25, -0.2) is 9.59 Å². The summed E-state index contributed by atoms with van der Waals surface area (Å²) in [7, 11) is 0. The number of esters is 2. The number of azo groups is 1. The molecule has 0 N–H and O–H groups in total. The quantitative estimate of drug-likeness (QED) is 0.528. The smallest absolute Gasteiger partial charge is 0.338 e. The molecule has 0 radical (unpaired) electrons. The van der Waals surface area contributed by atoms with Gasteiger partial charge in [0.2, 0.25) is 0 Å². The first kappa shape index (κ1) is 20.1. The van der Waals surface area contributed by atoms with Crippen molar-refractivity contribution in [3.63, 3.8) is 0 Å². The lowest BCUT2D eigenvalue weighted by molar-refractivity contribution is -0.111. The van der Waals surface area contributed by atoms with Gasteiger partial charge in [-0.2, -0.15) is 10.2 Å². The molecule has 0 atom stereocenters. The van der Waals surface area contributed by atoms with E-state index in [1.54, 1.807) is 26.0 Å². The average Bonchev–Trinajstić information content (AvgIpc) is 2.73. The Hall–Kier alpha value is -3.61. The molecular formula is C22H20N2O5. The number of benzene rings is 1. The van der Waals surface area contributed by atoms with Crippen molar-refractivity contribution in [1.82, 2.24) is 0 Å². The van der Waals surface area contributed by atoms with E-state index in [2.05, 4.69) is 10.2 Å². The van der Waals surface area contributed by atoms with E-state index >= 15 is 0 Å². The van der Waals surface area contributed by atoms with Crippen molar-refractivity contribution >= 4 is 23.4 Å². The van der Waals surface area contributed by atoms with Crippen LogP contribution in [0.2, 0.25) is 0 Å². The summed E-state index contributed by atoms with van der Waals surface area (Å²) in [5.41, 5.74) is 2.60. The lowest BCUT2D eigenvalue weighted by atomic mass is 9.89. The van der Waals surface area contributed by atoms with Crippen LogP contribution < -0.4 is 0 Å². The number of allylic oxidation sites excluding steroid dienone is 7. The summed E-state index contributed by atoms with van der Waals surface area (Å²) in [4.78, 5) is 36.3. The summed E-state index contributed by atoms with van der Waals surface area (Å²) < 4.78 is 10.0. The van der Waals surface area contributed by atoms with Gasteiger partial charge in [0.15, 0.2) is 5.78 Å². The minimum absolute atomic E-state index is 0.0720. The zero-order chi connectivity index (χ0) is 20.8. The molecule has 0 amide bonds. The third kappa shape index (κ3) is 4.63. The van der Waals surface area contributed by atoms with Crippen LogP contribution in [0.4, 0.5) is 5.69 Å². The highest BCUT2D eigenvalue weighted by Gasteiger charge is 2.21. The van der Waals surface area contributed by atoms with E-state index in [9.17, 15) is 14.4 Å². The van der Waals surface area contributed by atoms with Crippen molar-refractivity contribution < 1.29 is 23.9 Å². The largest absolute Gasteiger partial charge is 0.462 e. The summed E-state index contributed by atoms with van der Waals surface area (Å²) in [5.74, 6) is -1.21. The Kier molecular flexibility index (Phi) is 6.29. The number of rotatable bonds is 6. The molecule has 0 fully saturated rings. The first-order valence-electron chi connectivity index (χ1n) is 9.27.